The van der Waals surface area contributed by atoms with Gasteiger partial charge in [0.2, 0.25) is 5.91 Å². The zero-order chi connectivity index (χ0) is 16.2. The largest absolute Gasteiger partial charge is 0.416 e. The fourth-order valence-electron chi connectivity index (χ4n) is 1.86. The third kappa shape index (κ3) is 4.32. The van der Waals surface area contributed by atoms with Crippen LogP contribution in [0.5, 0.6) is 0 Å². The number of alkyl halides is 3. The van der Waals surface area contributed by atoms with Crippen molar-refractivity contribution in [2.75, 3.05) is 0 Å². The highest BCUT2D eigenvalue weighted by molar-refractivity contribution is 5.81. The quantitative estimate of drug-likeness (QED) is 0.784. The van der Waals surface area contributed by atoms with Crippen LogP contribution in [-0.4, -0.2) is 21.9 Å². The molecule has 1 heterocycles. The number of nitrogens with zero attached hydrogens (tertiary/aromatic N) is 1. The van der Waals surface area contributed by atoms with Crippen LogP contribution >= 0.6 is 0 Å². The van der Waals surface area contributed by atoms with E-state index in [1.807, 2.05) is 0 Å². The highest BCUT2D eigenvalue weighted by Gasteiger charge is 2.29. The van der Waals surface area contributed by atoms with Gasteiger partial charge in [-0.25, -0.2) is 4.98 Å². The maximum atomic E-state index is 12.4. The number of aromatic nitrogens is 2. The Morgan fingerprint density at radius 1 is 1.32 bits per heavy atom. The molecular weight excluding hydrogens is 297 g/mol. The SMILES string of the molecule is NC(Cc1cnc[nH]1)C(=O)NCc1ccc(C(F)(F)F)cc1. The van der Waals surface area contributed by atoms with Gasteiger partial charge in [0.05, 0.1) is 17.9 Å². The second-order valence-corrected chi connectivity index (χ2v) is 4.80. The summed E-state index contributed by atoms with van der Waals surface area (Å²) in [6, 6.07) is 3.85. The maximum absolute atomic E-state index is 12.4. The predicted molar refractivity (Wildman–Crippen MR) is 73.6 cm³/mol. The van der Waals surface area contributed by atoms with E-state index in [0.29, 0.717) is 12.0 Å². The Morgan fingerprint density at radius 3 is 2.55 bits per heavy atom. The summed E-state index contributed by atoms with van der Waals surface area (Å²) in [7, 11) is 0. The lowest BCUT2D eigenvalue weighted by Crippen LogP contribution is -2.41. The van der Waals surface area contributed by atoms with Crippen LogP contribution in [0, 0.1) is 0 Å². The molecule has 0 radical (unpaired) electrons. The molecule has 0 spiro atoms. The number of hydrogen-bond acceptors (Lipinski definition) is 3. The summed E-state index contributed by atoms with van der Waals surface area (Å²) in [6.45, 7) is 0.119. The normalized spacial score (nSPS) is 12.9. The van der Waals surface area contributed by atoms with Crippen molar-refractivity contribution in [1.29, 1.82) is 0 Å². The van der Waals surface area contributed by atoms with Gasteiger partial charge in [-0.1, -0.05) is 12.1 Å². The minimum atomic E-state index is -4.37. The smallest absolute Gasteiger partial charge is 0.351 e. The molecule has 8 heteroatoms. The number of carbonyl (C=O) groups is 1. The molecule has 1 unspecified atom stereocenters. The highest BCUT2D eigenvalue weighted by Crippen LogP contribution is 2.28. The molecule has 0 fully saturated rings. The number of hydrogen-bond donors (Lipinski definition) is 3. The summed E-state index contributed by atoms with van der Waals surface area (Å²) in [6.07, 6.45) is -1.00. The predicted octanol–water partition coefficient (Wildman–Crippen LogP) is 1.61. The lowest BCUT2D eigenvalue weighted by Gasteiger charge is -2.12. The number of amides is 1. The molecule has 0 bridgehead atoms. The Bertz CT molecular complexity index is 608. The van der Waals surface area contributed by atoms with Gasteiger partial charge in [0.1, 0.15) is 0 Å². The Balaban J connectivity index is 1.85. The van der Waals surface area contributed by atoms with Crippen molar-refractivity contribution in [2.24, 2.45) is 5.73 Å². The van der Waals surface area contributed by atoms with Gasteiger partial charge in [0, 0.05) is 24.9 Å². The van der Waals surface area contributed by atoms with Gasteiger partial charge in [-0.2, -0.15) is 13.2 Å². The first kappa shape index (κ1) is 16.0. The molecule has 1 aromatic heterocycles. The van der Waals surface area contributed by atoms with Crippen LogP contribution in [0.4, 0.5) is 13.2 Å². The summed E-state index contributed by atoms with van der Waals surface area (Å²) in [4.78, 5) is 18.5. The molecule has 5 nitrogen and oxygen atoms in total. The number of rotatable bonds is 5. The number of benzene rings is 1. The van der Waals surface area contributed by atoms with Crippen molar-refractivity contribution in [1.82, 2.24) is 15.3 Å². The number of nitrogens with two attached hydrogens (primary N) is 1. The van der Waals surface area contributed by atoms with E-state index in [0.717, 1.165) is 17.8 Å². The van der Waals surface area contributed by atoms with Crippen molar-refractivity contribution in [3.8, 4) is 0 Å². The third-order valence-corrected chi connectivity index (χ3v) is 3.08. The molecule has 0 aliphatic carbocycles. The van der Waals surface area contributed by atoms with Gasteiger partial charge in [-0.05, 0) is 17.7 Å². The minimum Gasteiger partial charge on any atom is -0.351 e. The van der Waals surface area contributed by atoms with Crippen LogP contribution in [0.25, 0.3) is 0 Å². The number of halogens is 3. The number of nitrogens with one attached hydrogen (secondary N) is 2. The molecule has 1 aromatic carbocycles. The van der Waals surface area contributed by atoms with E-state index in [2.05, 4.69) is 15.3 Å². The van der Waals surface area contributed by atoms with Crippen molar-refractivity contribution < 1.29 is 18.0 Å². The molecule has 0 aliphatic heterocycles. The lowest BCUT2D eigenvalue weighted by molar-refractivity contribution is -0.137. The zero-order valence-electron chi connectivity index (χ0n) is 11.5. The topological polar surface area (TPSA) is 83.8 Å². The number of aromatic amines is 1. The standard InChI is InChI=1S/C14H15F3N4O/c15-14(16,17)10-3-1-9(2-4-10)6-20-13(22)12(18)5-11-7-19-8-21-11/h1-4,7-8,12H,5-6,18H2,(H,19,21)(H,20,22). The second-order valence-electron chi connectivity index (χ2n) is 4.80. The fourth-order valence-corrected chi connectivity index (χ4v) is 1.86. The Morgan fingerprint density at radius 2 is 2.00 bits per heavy atom. The van der Waals surface area contributed by atoms with Crippen LogP contribution in [0.3, 0.4) is 0 Å². The maximum Gasteiger partial charge on any atom is 0.416 e. The van der Waals surface area contributed by atoms with Crippen molar-refractivity contribution in [3.63, 3.8) is 0 Å². The summed E-state index contributed by atoms with van der Waals surface area (Å²) >= 11 is 0. The van der Waals surface area contributed by atoms with Crippen molar-refractivity contribution in [2.45, 2.75) is 25.2 Å². The molecule has 2 aromatic rings. The van der Waals surface area contributed by atoms with Gasteiger partial charge in [0.25, 0.3) is 0 Å². The Labute approximate surface area is 124 Å². The van der Waals surface area contributed by atoms with Crippen LogP contribution in [-0.2, 0) is 23.9 Å². The molecule has 22 heavy (non-hydrogen) atoms. The second kappa shape index (κ2) is 6.61. The van der Waals surface area contributed by atoms with E-state index in [-0.39, 0.29) is 12.5 Å². The molecule has 0 saturated heterocycles. The van der Waals surface area contributed by atoms with Crippen LogP contribution in [0.15, 0.2) is 36.8 Å². The van der Waals surface area contributed by atoms with E-state index in [9.17, 15) is 18.0 Å². The number of H-pyrrole nitrogens is 1. The number of carbonyl (C=O) groups excluding carboxylic acids is 1. The third-order valence-electron chi connectivity index (χ3n) is 3.08. The molecule has 118 valence electrons. The van der Waals surface area contributed by atoms with Gasteiger partial charge in [-0.3, -0.25) is 4.79 Å². The molecule has 4 N–H and O–H groups in total. The molecule has 1 atom stereocenters. The van der Waals surface area contributed by atoms with E-state index in [4.69, 9.17) is 5.73 Å². The fraction of sp³-hybridized carbons (Fsp3) is 0.286. The average molecular weight is 312 g/mol. The van der Waals surface area contributed by atoms with Crippen molar-refractivity contribution in [3.05, 3.63) is 53.6 Å². The lowest BCUT2D eigenvalue weighted by atomic mass is 10.1. The first-order valence-corrected chi connectivity index (χ1v) is 6.53. The first-order valence-electron chi connectivity index (χ1n) is 6.53. The van der Waals surface area contributed by atoms with Crippen molar-refractivity contribution >= 4 is 5.91 Å². The van der Waals surface area contributed by atoms with Crippen LogP contribution in [0.1, 0.15) is 16.8 Å². The molecule has 0 aliphatic rings. The zero-order valence-corrected chi connectivity index (χ0v) is 11.5. The summed E-state index contributed by atoms with van der Waals surface area (Å²) in [5, 5.41) is 2.59. The first-order chi connectivity index (χ1) is 10.4. The molecule has 1 amide bonds. The molecule has 2 rings (SSSR count). The van der Waals surface area contributed by atoms with E-state index in [1.165, 1.54) is 18.5 Å². The summed E-state index contributed by atoms with van der Waals surface area (Å²) < 4.78 is 37.3. The van der Waals surface area contributed by atoms with Gasteiger partial charge < -0.3 is 16.0 Å². The van der Waals surface area contributed by atoms with Gasteiger partial charge in [0.15, 0.2) is 0 Å². The Kier molecular flexibility index (Phi) is 4.81. The van der Waals surface area contributed by atoms with Crippen LogP contribution in [0.2, 0.25) is 0 Å². The number of imidazole rings is 1. The molecule has 0 saturated carbocycles. The van der Waals surface area contributed by atoms with E-state index >= 15 is 0 Å². The van der Waals surface area contributed by atoms with E-state index in [1.54, 1.807) is 6.20 Å². The average Bonchev–Trinajstić information content (AvgIpc) is 2.97. The van der Waals surface area contributed by atoms with Gasteiger partial charge >= 0.3 is 6.18 Å². The summed E-state index contributed by atoms with van der Waals surface area (Å²) in [5.41, 5.74) is 6.32. The monoisotopic (exact) mass is 312 g/mol. The van der Waals surface area contributed by atoms with Crippen LogP contribution < -0.4 is 11.1 Å². The van der Waals surface area contributed by atoms with E-state index < -0.39 is 17.8 Å². The summed E-state index contributed by atoms with van der Waals surface area (Å²) in [5.74, 6) is -0.380. The molecular formula is C14H15F3N4O. The minimum absolute atomic E-state index is 0.119. The van der Waals surface area contributed by atoms with Gasteiger partial charge in [-0.15, -0.1) is 0 Å². The Hall–Kier alpha value is -2.35. The highest BCUT2D eigenvalue weighted by atomic mass is 19.4.